The van der Waals surface area contributed by atoms with Crippen LogP contribution in [0.15, 0.2) is 22.6 Å². The van der Waals surface area contributed by atoms with Crippen LogP contribution in [0.5, 0.6) is 0 Å². The average Bonchev–Trinajstić information content (AvgIpc) is 2.90. The fourth-order valence-corrected chi connectivity index (χ4v) is 2.32. The summed E-state index contributed by atoms with van der Waals surface area (Å²) in [6.07, 6.45) is 0.0444. The number of amides is 1. The van der Waals surface area contributed by atoms with Gasteiger partial charge >= 0.3 is 5.97 Å². The Kier molecular flexibility index (Phi) is 2.51. The molecule has 2 heterocycles. The number of anilines is 1. The number of benzene rings is 1. The first-order valence-electron chi connectivity index (χ1n) is 5.95. The summed E-state index contributed by atoms with van der Waals surface area (Å²) in [6, 6.07) is 5.24. The number of aromatic nitrogens is 1. The van der Waals surface area contributed by atoms with Gasteiger partial charge in [-0.2, -0.15) is 0 Å². The Balaban J connectivity index is 1.95. The summed E-state index contributed by atoms with van der Waals surface area (Å²) < 4.78 is 5.41. The Morgan fingerprint density at radius 2 is 2.32 bits per heavy atom. The van der Waals surface area contributed by atoms with Gasteiger partial charge in [-0.3, -0.25) is 9.59 Å². The highest BCUT2D eigenvalue weighted by Crippen LogP contribution is 2.28. The molecule has 1 aliphatic rings. The normalized spacial score (nSPS) is 19.3. The molecule has 3 rings (SSSR count). The summed E-state index contributed by atoms with van der Waals surface area (Å²) >= 11 is 0. The van der Waals surface area contributed by atoms with Gasteiger partial charge < -0.3 is 14.4 Å². The van der Waals surface area contributed by atoms with Crippen LogP contribution < -0.4 is 4.90 Å². The van der Waals surface area contributed by atoms with Gasteiger partial charge in [-0.05, 0) is 12.1 Å². The van der Waals surface area contributed by atoms with E-state index in [1.807, 2.05) is 0 Å². The second-order valence-corrected chi connectivity index (χ2v) is 4.63. The lowest BCUT2D eigenvalue weighted by Gasteiger charge is -2.15. The Labute approximate surface area is 108 Å². The lowest BCUT2D eigenvalue weighted by molar-refractivity contribution is -0.141. The van der Waals surface area contributed by atoms with Crippen molar-refractivity contribution in [3.63, 3.8) is 0 Å². The topological polar surface area (TPSA) is 83.6 Å². The number of carboxylic acids is 1. The maximum atomic E-state index is 11.8. The highest BCUT2D eigenvalue weighted by molar-refractivity contribution is 6.00. The van der Waals surface area contributed by atoms with E-state index in [1.54, 1.807) is 25.1 Å². The molecule has 0 bridgehead atoms. The number of fused-ring (bicyclic) bond motifs is 1. The van der Waals surface area contributed by atoms with E-state index in [2.05, 4.69) is 4.98 Å². The number of carbonyl (C=O) groups is 2. The first-order chi connectivity index (χ1) is 9.04. The van der Waals surface area contributed by atoms with E-state index in [-0.39, 0.29) is 18.9 Å². The Hall–Kier alpha value is -2.37. The Bertz CT molecular complexity index is 676. The van der Waals surface area contributed by atoms with E-state index in [4.69, 9.17) is 9.52 Å². The van der Waals surface area contributed by atoms with Gasteiger partial charge in [-0.1, -0.05) is 0 Å². The van der Waals surface area contributed by atoms with Gasteiger partial charge in [0, 0.05) is 31.6 Å². The summed E-state index contributed by atoms with van der Waals surface area (Å²) in [6.45, 7) is 1.95. The van der Waals surface area contributed by atoms with Crippen LogP contribution in [-0.4, -0.2) is 28.5 Å². The molecule has 1 atom stereocenters. The third-order valence-corrected chi connectivity index (χ3v) is 3.26. The number of oxazole rings is 1. The Morgan fingerprint density at radius 3 is 3.00 bits per heavy atom. The number of carboxylic acid groups (broad SMARTS) is 1. The van der Waals surface area contributed by atoms with Crippen LogP contribution in [0.3, 0.4) is 0 Å². The standard InChI is InChI=1S/C13H12N2O4/c1-7-14-10-3-2-9(5-11(10)19-7)15-6-8(13(17)18)4-12(15)16/h2-3,5,8H,4,6H2,1H3,(H,17,18). The van der Waals surface area contributed by atoms with Crippen molar-refractivity contribution in [3.8, 4) is 0 Å². The molecule has 1 amide bonds. The van der Waals surface area contributed by atoms with E-state index >= 15 is 0 Å². The molecule has 6 heteroatoms. The number of aryl methyl sites for hydroxylation is 1. The van der Waals surface area contributed by atoms with Crippen molar-refractivity contribution < 1.29 is 19.1 Å². The number of aliphatic carboxylic acids is 1. The minimum absolute atomic E-state index is 0.0444. The third kappa shape index (κ3) is 1.95. The summed E-state index contributed by atoms with van der Waals surface area (Å²) in [4.78, 5) is 28.4. The molecule has 0 saturated carbocycles. The predicted octanol–water partition coefficient (Wildman–Crippen LogP) is 1.57. The summed E-state index contributed by atoms with van der Waals surface area (Å²) in [5.74, 6) is -1.20. The molecule has 2 aromatic rings. The van der Waals surface area contributed by atoms with E-state index in [1.165, 1.54) is 4.90 Å². The lowest BCUT2D eigenvalue weighted by Crippen LogP contribution is -2.25. The van der Waals surface area contributed by atoms with E-state index < -0.39 is 11.9 Å². The fraction of sp³-hybridized carbons (Fsp3) is 0.308. The zero-order valence-electron chi connectivity index (χ0n) is 10.3. The molecule has 1 unspecified atom stereocenters. The molecule has 1 aliphatic heterocycles. The van der Waals surface area contributed by atoms with Crippen LogP contribution in [0.2, 0.25) is 0 Å². The van der Waals surface area contributed by atoms with Gasteiger partial charge in [0.15, 0.2) is 11.5 Å². The van der Waals surface area contributed by atoms with E-state index in [0.717, 1.165) is 5.52 Å². The number of nitrogens with zero attached hydrogens (tertiary/aromatic N) is 2. The van der Waals surface area contributed by atoms with E-state index in [0.29, 0.717) is 17.2 Å². The van der Waals surface area contributed by atoms with Crippen molar-refractivity contribution >= 4 is 28.7 Å². The van der Waals surface area contributed by atoms with Crippen LogP contribution in [-0.2, 0) is 9.59 Å². The monoisotopic (exact) mass is 260 g/mol. The molecule has 1 fully saturated rings. The molecule has 1 N–H and O–H groups in total. The molecular formula is C13H12N2O4. The highest BCUT2D eigenvalue weighted by atomic mass is 16.4. The van der Waals surface area contributed by atoms with Crippen molar-refractivity contribution in [2.45, 2.75) is 13.3 Å². The van der Waals surface area contributed by atoms with E-state index in [9.17, 15) is 9.59 Å². The van der Waals surface area contributed by atoms with Gasteiger partial charge in [-0.15, -0.1) is 0 Å². The molecule has 0 aliphatic carbocycles. The van der Waals surface area contributed by atoms with Gasteiger partial charge in [0.2, 0.25) is 5.91 Å². The zero-order valence-corrected chi connectivity index (χ0v) is 10.3. The van der Waals surface area contributed by atoms with Crippen molar-refractivity contribution in [1.82, 2.24) is 4.98 Å². The van der Waals surface area contributed by atoms with Gasteiger partial charge in [0.05, 0.1) is 5.92 Å². The largest absolute Gasteiger partial charge is 0.481 e. The second-order valence-electron chi connectivity index (χ2n) is 4.63. The number of hydrogen-bond acceptors (Lipinski definition) is 4. The average molecular weight is 260 g/mol. The van der Waals surface area contributed by atoms with Crippen molar-refractivity contribution in [2.24, 2.45) is 5.92 Å². The first-order valence-corrected chi connectivity index (χ1v) is 5.95. The molecule has 0 radical (unpaired) electrons. The lowest BCUT2D eigenvalue weighted by atomic mass is 10.1. The van der Waals surface area contributed by atoms with Gasteiger partial charge in [0.1, 0.15) is 5.52 Å². The molecular weight excluding hydrogens is 248 g/mol. The summed E-state index contributed by atoms with van der Waals surface area (Å²) in [5, 5.41) is 8.96. The number of carbonyl (C=O) groups excluding carboxylic acids is 1. The predicted molar refractivity (Wildman–Crippen MR) is 66.8 cm³/mol. The number of rotatable bonds is 2. The van der Waals surface area contributed by atoms with Crippen molar-refractivity contribution in [3.05, 3.63) is 24.1 Å². The van der Waals surface area contributed by atoms with Crippen molar-refractivity contribution in [2.75, 3.05) is 11.4 Å². The van der Waals surface area contributed by atoms with Crippen LogP contribution in [0.1, 0.15) is 12.3 Å². The molecule has 98 valence electrons. The van der Waals surface area contributed by atoms with Gasteiger partial charge in [0.25, 0.3) is 0 Å². The molecule has 0 spiro atoms. The molecule has 1 aromatic heterocycles. The fourth-order valence-electron chi connectivity index (χ4n) is 2.32. The van der Waals surface area contributed by atoms with Crippen LogP contribution in [0.4, 0.5) is 5.69 Å². The van der Waals surface area contributed by atoms with Crippen LogP contribution in [0.25, 0.3) is 11.1 Å². The zero-order chi connectivity index (χ0) is 13.6. The highest BCUT2D eigenvalue weighted by Gasteiger charge is 2.35. The minimum Gasteiger partial charge on any atom is -0.481 e. The Morgan fingerprint density at radius 1 is 1.53 bits per heavy atom. The van der Waals surface area contributed by atoms with Crippen molar-refractivity contribution in [1.29, 1.82) is 0 Å². The molecule has 6 nitrogen and oxygen atoms in total. The first kappa shape index (κ1) is 11.7. The van der Waals surface area contributed by atoms with Crippen LogP contribution in [0, 0.1) is 12.8 Å². The quantitative estimate of drug-likeness (QED) is 0.886. The minimum atomic E-state index is -0.938. The smallest absolute Gasteiger partial charge is 0.308 e. The van der Waals surface area contributed by atoms with Gasteiger partial charge in [-0.25, -0.2) is 4.98 Å². The molecule has 1 saturated heterocycles. The maximum absolute atomic E-state index is 11.8. The molecule has 19 heavy (non-hydrogen) atoms. The second kappa shape index (κ2) is 4.08. The SMILES string of the molecule is Cc1nc2ccc(N3CC(C(=O)O)CC3=O)cc2o1. The number of hydrogen-bond donors (Lipinski definition) is 1. The third-order valence-electron chi connectivity index (χ3n) is 3.26. The summed E-state index contributed by atoms with van der Waals surface area (Å²) in [5.41, 5.74) is 1.97. The molecule has 1 aromatic carbocycles. The maximum Gasteiger partial charge on any atom is 0.308 e. The summed E-state index contributed by atoms with van der Waals surface area (Å²) in [7, 11) is 0. The van der Waals surface area contributed by atoms with Crippen LogP contribution >= 0.6 is 0 Å².